The minimum atomic E-state index is -0.434. The number of thioether (sulfide) groups is 1. The standard InChI is InChI=1S/C22H15FN6OS/c1-31-15-8-6-7-14(13-15)21-25-22(30-27-21)19-20(17-10-4-5-12-24-17)29(28-26-19)18-11-3-2-9-16(18)23/h2-13H,1H3. The average molecular weight is 430 g/mol. The van der Waals surface area contributed by atoms with Crippen molar-refractivity contribution in [3.8, 4) is 40.0 Å². The van der Waals surface area contributed by atoms with Gasteiger partial charge in [-0.25, -0.2) is 9.07 Å². The lowest BCUT2D eigenvalue weighted by Crippen LogP contribution is -2.03. The molecule has 31 heavy (non-hydrogen) atoms. The quantitative estimate of drug-likeness (QED) is 0.367. The summed E-state index contributed by atoms with van der Waals surface area (Å²) in [5.74, 6) is 0.169. The van der Waals surface area contributed by atoms with E-state index in [9.17, 15) is 4.39 Å². The van der Waals surface area contributed by atoms with Gasteiger partial charge >= 0.3 is 0 Å². The van der Waals surface area contributed by atoms with Gasteiger partial charge in [-0.15, -0.1) is 16.9 Å². The van der Waals surface area contributed by atoms with Crippen LogP contribution >= 0.6 is 11.8 Å². The molecule has 2 aromatic carbocycles. The summed E-state index contributed by atoms with van der Waals surface area (Å²) in [7, 11) is 0. The fourth-order valence-corrected chi connectivity index (χ4v) is 3.61. The molecule has 0 N–H and O–H groups in total. The van der Waals surface area contributed by atoms with Gasteiger partial charge in [0, 0.05) is 16.7 Å². The highest BCUT2D eigenvalue weighted by atomic mass is 32.2. The smallest absolute Gasteiger partial charge is 0.281 e. The molecule has 5 aromatic rings. The van der Waals surface area contributed by atoms with Crippen molar-refractivity contribution >= 4 is 11.8 Å². The molecule has 0 saturated carbocycles. The predicted molar refractivity (Wildman–Crippen MR) is 115 cm³/mol. The van der Waals surface area contributed by atoms with Gasteiger partial charge in [0.15, 0.2) is 5.69 Å². The summed E-state index contributed by atoms with van der Waals surface area (Å²) in [5.41, 5.74) is 2.40. The number of para-hydroxylation sites is 1. The molecule has 0 amide bonds. The van der Waals surface area contributed by atoms with Crippen molar-refractivity contribution < 1.29 is 8.91 Å². The van der Waals surface area contributed by atoms with Crippen molar-refractivity contribution in [1.29, 1.82) is 0 Å². The van der Waals surface area contributed by atoms with Gasteiger partial charge in [-0.3, -0.25) is 4.98 Å². The Morgan fingerprint density at radius 2 is 1.87 bits per heavy atom. The van der Waals surface area contributed by atoms with Crippen LogP contribution in [0.3, 0.4) is 0 Å². The average Bonchev–Trinajstić information content (AvgIpc) is 3.47. The highest BCUT2D eigenvalue weighted by Crippen LogP contribution is 2.32. The molecule has 152 valence electrons. The van der Waals surface area contributed by atoms with E-state index in [1.807, 2.05) is 36.6 Å². The van der Waals surface area contributed by atoms with Crippen LogP contribution in [0.2, 0.25) is 0 Å². The SMILES string of the molecule is CSc1cccc(-c2noc(-c3nnn(-c4ccccc4F)c3-c3ccccn3)n2)c1. The topological polar surface area (TPSA) is 82.5 Å². The molecule has 9 heteroatoms. The lowest BCUT2D eigenvalue weighted by molar-refractivity contribution is 0.431. The van der Waals surface area contributed by atoms with Gasteiger partial charge in [0.2, 0.25) is 5.82 Å². The van der Waals surface area contributed by atoms with Crippen LogP contribution in [0, 0.1) is 5.82 Å². The van der Waals surface area contributed by atoms with Gasteiger partial charge in [-0.1, -0.05) is 40.7 Å². The monoisotopic (exact) mass is 430 g/mol. The molecular formula is C22H15FN6OS. The van der Waals surface area contributed by atoms with Gasteiger partial charge in [-0.2, -0.15) is 4.98 Å². The summed E-state index contributed by atoms with van der Waals surface area (Å²) >= 11 is 1.63. The van der Waals surface area contributed by atoms with Gasteiger partial charge in [0.25, 0.3) is 5.89 Å². The molecule has 0 unspecified atom stereocenters. The first-order chi connectivity index (χ1) is 15.2. The summed E-state index contributed by atoms with van der Waals surface area (Å²) in [6, 6.07) is 19.6. The largest absolute Gasteiger partial charge is 0.332 e. The number of rotatable bonds is 5. The first-order valence-corrected chi connectivity index (χ1v) is 10.6. The van der Waals surface area contributed by atoms with Crippen LogP contribution in [0.4, 0.5) is 4.39 Å². The summed E-state index contributed by atoms with van der Waals surface area (Å²) in [6.45, 7) is 0. The van der Waals surface area contributed by atoms with Crippen molar-refractivity contribution in [1.82, 2.24) is 30.1 Å². The van der Waals surface area contributed by atoms with Crippen LogP contribution < -0.4 is 0 Å². The molecule has 0 bridgehead atoms. The second-order valence-corrected chi connectivity index (χ2v) is 7.40. The zero-order chi connectivity index (χ0) is 21.2. The van der Waals surface area contributed by atoms with Crippen molar-refractivity contribution in [2.45, 2.75) is 4.90 Å². The number of pyridine rings is 1. The number of aromatic nitrogens is 6. The Kier molecular flexibility index (Phi) is 5.01. The minimum Gasteiger partial charge on any atom is -0.332 e. The number of hydrogen-bond acceptors (Lipinski definition) is 7. The Morgan fingerprint density at radius 1 is 1.00 bits per heavy atom. The highest BCUT2D eigenvalue weighted by molar-refractivity contribution is 7.98. The van der Waals surface area contributed by atoms with Crippen molar-refractivity contribution in [3.63, 3.8) is 0 Å². The first kappa shape index (κ1) is 19.1. The molecule has 0 radical (unpaired) electrons. The van der Waals surface area contributed by atoms with E-state index in [1.165, 1.54) is 10.7 Å². The second-order valence-electron chi connectivity index (χ2n) is 6.52. The van der Waals surface area contributed by atoms with Gasteiger partial charge < -0.3 is 4.52 Å². The summed E-state index contributed by atoms with van der Waals surface area (Å²) < 4.78 is 21.4. The lowest BCUT2D eigenvalue weighted by Gasteiger charge is -2.07. The third-order valence-corrected chi connectivity index (χ3v) is 5.34. The van der Waals surface area contributed by atoms with E-state index in [2.05, 4.69) is 25.4 Å². The molecule has 0 spiro atoms. The molecule has 0 aliphatic heterocycles. The molecule has 0 fully saturated rings. The Bertz CT molecular complexity index is 1350. The van der Waals surface area contributed by atoms with Crippen molar-refractivity contribution in [3.05, 3.63) is 78.7 Å². The number of benzene rings is 2. The fourth-order valence-electron chi connectivity index (χ4n) is 3.15. The van der Waals surface area contributed by atoms with Crippen LogP contribution in [0.5, 0.6) is 0 Å². The Hall–Kier alpha value is -3.85. The van der Waals surface area contributed by atoms with Crippen molar-refractivity contribution in [2.75, 3.05) is 6.26 Å². The molecule has 3 heterocycles. The first-order valence-electron chi connectivity index (χ1n) is 9.35. The number of nitrogens with zero attached hydrogens (tertiary/aromatic N) is 6. The zero-order valence-electron chi connectivity index (χ0n) is 16.3. The van der Waals surface area contributed by atoms with Gasteiger partial charge in [-0.05, 0) is 42.7 Å². The van der Waals surface area contributed by atoms with Crippen LogP contribution in [0.25, 0.3) is 40.0 Å². The summed E-state index contributed by atoms with van der Waals surface area (Å²) in [6.07, 6.45) is 3.64. The van der Waals surface area contributed by atoms with Gasteiger partial charge in [0.05, 0.1) is 5.69 Å². The predicted octanol–water partition coefficient (Wildman–Crippen LogP) is 4.91. The lowest BCUT2D eigenvalue weighted by atomic mass is 10.2. The summed E-state index contributed by atoms with van der Waals surface area (Å²) in [4.78, 5) is 10.00. The third-order valence-electron chi connectivity index (χ3n) is 4.61. The van der Waals surface area contributed by atoms with Gasteiger partial charge in [0.1, 0.15) is 17.2 Å². The van der Waals surface area contributed by atoms with E-state index in [4.69, 9.17) is 4.52 Å². The minimum absolute atomic E-state index is 0.174. The summed E-state index contributed by atoms with van der Waals surface area (Å²) in [5, 5.41) is 12.5. The maximum atomic E-state index is 14.5. The second kappa shape index (κ2) is 8.11. The Labute approximate surface area is 181 Å². The van der Waals surface area contributed by atoms with E-state index >= 15 is 0 Å². The molecule has 0 aliphatic carbocycles. The van der Waals surface area contributed by atoms with E-state index in [0.717, 1.165) is 10.5 Å². The van der Waals surface area contributed by atoms with Crippen molar-refractivity contribution in [2.24, 2.45) is 0 Å². The van der Waals surface area contributed by atoms with E-state index in [-0.39, 0.29) is 11.6 Å². The molecule has 0 aliphatic rings. The van der Waals surface area contributed by atoms with Crippen LogP contribution in [0.1, 0.15) is 0 Å². The van der Waals surface area contributed by atoms with Crippen LogP contribution in [-0.4, -0.2) is 36.4 Å². The normalized spacial score (nSPS) is 11.0. The van der Waals surface area contributed by atoms with E-state index < -0.39 is 5.82 Å². The highest BCUT2D eigenvalue weighted by Gasteiger charge is 2.25. The zero-order valence-corrected chi connectivity index (χ0v) is 17.1. The molecule has 0 saturated heterocycles. The molecular weight excluding hydrogens is 415 g/mol. The fraction of sp³-hybridized carbons (Fsp3) is 0.0455. The Balaban J connectivity index is 1.65. The maximum Gasteiger partial charge on any atom is 0.281 e. The van der Waals surface area contributed by atoms with Crippen LogP contribution in [-0.2, 0) is 0 Å². The molecule has 7 nitrogen and oxygen atoms in total. The van der Waals surface area contributed by atoms with Crippen LogP contribution in [0.15, 0.2) is 82.3 Å². The Morgan fingerprint density at radius 3 is 2.68 bits per heavy atom. The molecule has 5 rings (SSSR count). The molecule has 0 atom stereocenters. The van der Waals surface area contributed by atoms with E-state index in [1.54, 1.807) is 48.3 Å². The maximum absolute atomic E-state index is 14.5. The number of hydrogen-bond donors (Lipinski definition) is 0. The third kappa shape index (κ3) is 3.59. The number of halogens is 1. The molecule has 3 aromatic heterocycles. The van der Waals surface area contributed by atoms with E-state index in [0.29, 0.717) is 22.9 Å².